The summed E-state index contributed by atoms with van der Waals surface area (Å²) in [7, 11) is 0. The van der Waals surface area contributed by atoms with Gasteiger partial charge in [0.25, 0.3) is 0 Å². The van der Waals surface area contributed by atoms with Crippen molar-refractivity contribution in [1.29, 1.82) is 0 Å². The summed E-state index contributed by atoms with van der Waals surface area (Å²) in [4.78, 5) is 39.6. The van der Waals surface area contributed by atoms with Gasteiger partial charge in [0.1, 0.15) is 11.8 Å². The van der Waals surface area contributed by atoms with Crippen LogP contribution in [0.4, 0.5) is 11.4 Å². The molecule has 2 rings (SSSR count). The van der Waals surface area contributed by atoms with Crippen molar-refractivity contribution in [2.75, 3.05) is 17.2 Å². The third kappa shape index (κ3) is 7.52. The number of guanidine groups is 1. The Kier molecular flexibility index (Phi) is 8.40. The molecular formula is C21H26N6O5. The van der Waals surface area contributed by atoms with Crippen LogP contribution in [0.3, 0.4) is 0 Å². The van der Waals surface area contributed by atoms with E-state index in [-0.39, 0.29) is 29.4 Å². The first-order valence-electron chi connectivity index (χ1n) is 9.72. The van der Waals surface area contributed by atoms with E-state index < -0.39 is 23.8 Å². The largest absolute Gasteiger partial charge is 0.508 e. The molecule has 0 aromatic heterocycles. The van der Waals surface area contributed by atoms with Crippen molar-refractivity contribution in [3.05, 3.63) is 53.6 Å². The zero-order chi connectivity index (χ0) is 23.7. The Morgan fingerprint density at radius 3 is 2.28 bits per heavy atom. The monoisotopic (exact) mass is 442 g/mol. The number of hydrogen-bond donors (Lipinski definition) is 7. The van der Waals surface area contributed by atoms with Gasteiger partial charge >= 0.3 is 5.97 Å². The number of aromatic carboxylic acids is 1. The summed E-state index contributed by atoms with van der Waals surface area (Å²) in [5.41, 5.74) is 17.2. The zero-order valence-corrected chi connectivity index (χ0v) is 17.2. The van der Waals surface area contributed by atoms with Crippen LogP contribution in [0.2, 0.25) is 0 Å². The van der Waals surface area contributed by atoms with E-state index in [1.54, 1.807) is 12.1 Å². The Bertz CT molecular complexity index is 1000. The van der Waals surface area contributed by atoms with Gasteiger partial charge in [-0.05, 0) is 48.7 Å². The molecule has 2 aromatic rings. The topological polar surface area (TPSA) is 206 Å². The SMILES string of the molecule is NC(=O)C(CCCN=C(N)N)Nc1ccc(C(=O)O)cc1NC(=O)Cc1ccc(O)cc1. The lowest BCUT2D eigenvalue weighted by Crippen LogP contribution is -2.36. The molecule has 0 saturated heterocycles. The van der Waals surface area contributed by atoms with Crippen LogP contribution in [0.15, 0.2) is 47.5 Å². The minimum Gasteiger partial charge on any atom is -0.508 e. The fourth-order valence-corrected chi connectivity index (χ4v) is 2.88. The maximum Gasteiger partial charge on any atom is 0.335 e. The summed E-state index contributed by atoms with van der Waals surface area (Å²) in [6.45, 7) is 0.308. The average Bonchev–Trinajstić information content (AvgIpc) is 2.72. The lowest BCUT2D eigenvalue weighted by atomic mass is 10.1. The lowest BCUT2D eigenvalue weighted by molar-refractivity contribution is -0.119. The highest BCUT2D eigenvalue weighted by atomic mass is 16.4. The number of nitrogens with zero attached hydrogens (tertiary/aromatic N) is 1. The summed E-state index contributed by atoms with van der Waals surface area (Å²) in [5, 5.41) is 24.3. The number of carboxylic acids is 1. The Balaban J connectivity index is 2.18. The molecule has 10 N–H and O–H groups in total. The number of carbonyl (C=O) groups is 3. The number of aromatic hydroxyl groups is 1. The number of hydrogen-bond acceptors (Lipinski definition) is 6. The quantitative estimate of drug-likeness (QED) is 0.148. The van der Waals surface area contributed by atoms with Gasteiger partial charge < -0.3 is 38.0 Å². The number of carbonyl (C=O) groups excluding carboxylic acids is 2. The average molecular weight is 442 g/mol. The van der Waals surface area contributed by atoms with Crippen LogP contribution in [0, 0.1) is 0 Å². The van der Waals surface area contributed by atoms with Crippen molar-refractivity contribution < 1.29 is 24.6 Å². The summed E-state index contributed by atoms with van der Waals surface area (Å²) >= 11 is 0. The number of rotatable bonds is 11. The second kappa shape index (κ2) is 11.2. The maximum absolute atomic E-state index is 12.5. The van der Waals surface area contributed by atoms with Crippen LogP contribution < -0.4 is 27.8 Å². The smallest absolute Gasteiger partial charge is 0.335 e. The fourth-order valence-electron chi connectivity index (χ4n) is 2.88. The second-order valence-electron chi connectivity index (χ2n) is 7.01. The summed E-state index contributed by atoms with van der Waals surface area (Å²) < 4.78 is 0. The number of anilines is 2. The van der Waals surface area contributed by atoms with E-state index in [9.17, 15) is 24.6 Å². The third-order valence-electron chi connectivity index (χ3n) is 4.46. The van der Waals surface area contributed by atoms with E-state index in [0.29, 0.717) is 30.6 Å². The highest BCUT2D eigenvalue weighted by Gasteiger charge is 2.18. The summed E-state index contributed by atoms with van der Waals surface area (Å²) in [6.07, 6.45) is 0.775. The van der Waals surface area contributed by atoms with Gasteiger partial charge in [-0.25, -0.2) is 4.79 Å². The molecule has 170 valence electrons. The van der Waals surface area contributed by atoms with Gasteiger partial charge in [-0.2, -0.15) is 0 Å². The molecule has 0 aliphatic rings. The number of phenolic OH excluding ortho intramolecular Hbond substituents is 1. The Hall–Kier alpha value is -4.28. The number of primary amides is 1. The van der Waals surface area contributed by atoms with Crippen LogP contribution in [0.5, 0.6) is 5.75 Å². The van der Waals surface area contributed by atoms with E-state index >= 15 is 0 Å². The predicted octanol–water partition coefficient (Wildman–Crippen LogP) is 0.591. The van der Waals surface area contributed by atoms with Crippen molar-refractivity contribution in [3.8, 4) is 5.75 Å². The second-order valence-corrected chi connectivity index (χ2v) is 7.01. The number of carboxylic acid groups (broad SMARTS) is 1. The highest BCUT2D eigenvalue weighted by molar-refractivity contribution is 5.99. The number of nitrogens with one attached hydrogen (secondary N) is 2. The molecule has 32 heavy (non-hydrogen) atoms. The standard InChI is InChI=1S/C21H26N6O5/c22-19(30)16(2-1-9-25-21(23)24)26-15-8-5-13(20(31)32)11-17(15)27-18(29)10-12-3-6-14(28)7-4-12/h3-8,11,16,26,28H,1-2,9-10H2,(H2,22,30)(H,27,29)(H,31,32)(H4,23,24,25). The minimum atomic E-state index is -1.17. The Morgan fingerprint density at radius 1 is 1.00 bits per heavy atom. The predicted molar refractivity (Wildman–Crippen MR) is 120 cm³/mol. The molecule has 1 unspecified atom stereocenters. The van der Waals surface area contributed by atoms with E-state index in [2.05, 4.69) is 15.6 Å². The van der Waals surface area contributed by atoms with Crippen LogP contribution in [-0.4, -0.2) is 46.5 Å². The molecule has 11 nitrogen and oxygen atoms in total. The van der Waals surface area contributed by atoms with E-state index in [4.69, 9.17) is 17.2 Å². The zero-order valence-electron chi connectivity index (χ0n) is 17.2. The number of phenols is 1. The van der Waals surface area contributed by atoms with Crippen LogP contribution in [0.25, 0.3) is 0 Å². The summed E-state index contributed by atoms with van der Waals surface area (Å²) in [5.74, 6) is -2.19. The number of nitrogens with two attached hydrogens (primary N) is 3. The molecular weight excluding hydrogens is 416 g/mol. The molecule has 0 aliphatic heterocycles. The molecule has 0 radical (unpaired) electrons. The molecule has 1 atom stereocenters. The van der Waals surface area contributed by atoms with Gasteiger partial charge in [-0.1, -0.05) is 12.1 Å². The van der Waals surface area contributed by atoms with Gasteiger partial charge in [0.05, 0.1) is 23.4 Å². The fraction of sp³-hybridized carbons (Fsp3) is 0.238. The highest BCUT2D eigenvalue weighted by Crippen LogP contribution is 2.25. The molecule has 0 aliphatic carbocycles. The van der Waals surface area contributed by atoms with Crippen LogP contribution >= 0.6 is 0 Å². The first kappa shape index (κ1) is 24.0. The normalized spacial score (nSPS) is 11.2. The molecule has 0 fully saturated rings. The number of aliphatic imine (C=N–C) groups is 1. The molecule has 2 amide bonds. The molecule has 0 heterocycles. The van der Waals surface area contributed by atoms with Crippen LogP contribution in [-0.2, 0) is 16.0 Å². The van der Waals surface area contributed by atoms with Gasteiger partial charge in [0.2, 0.25) is 11.8 Å². The number of benzene rings is 2. The first-order chi connectivity index (χ1) is 15.2. The van der Waals surface area contributed by atoms with Crippen LogP contribution in [0.1, 0.15) is 28.8 Å². The van der Waals surface area contributed by atoms with E-state index in [1.165, 1.54) is 30.3 Å². The van der Waals surface area contributed by atoms with Crippen molar-refractivity contribution in [3.63, 3.8) is 0 Å². The molecule has 0 saturated carbocycles. The first-order valence-corrected chi connectivity index (χ1v) is 9.72. The third-order valence-corrected chi connectivity index (χ3v) is 4.46. The maximum atomic E-state index is 12.5. The Morgan fingerprint density at radius 2 is 1.69 bits per heavy atom. The number of amides is 2. The summed E-state index contributed by atoms with van der Waals surface area (Å²) in [6, 6.07) is 9.40. The van der Waals surface area contributed by atoms with Crippen molar-refractivity contribution >= 4 is 35.1 Å². The van der Waals surface area contributed by atoms with E-state index in [0.717, 1.165) is 0 Å². The van der Waals surface area contributed by atoms with E-state index in [1.807, 2.05) is 0 Å². The van der Waals surface area contributed by atoms with Gasteiger partial charge in [0, 0.05) is 6.54 Å². The van der Waals surface area contributed by atoms with Gasteiger partial charge in [-0.3, -0.25) is 14.6 Å². The minimum absolute atomic E-state index is 0.00518. The Labute approximate surface area is 184 Å². The van der Waals surface area contributed by atoms with Gasteiger partial charge in [0.15, 0.2) is 5.96 Å². The van der Waals surface area contributed by atoms with Gasteiger partial charge in [-0.15, -0.1) is 0 Å². The van der Waals surface area contributed by atoms with Crippen molar-refractivity contribution in [2.24, 2.45) is 22.2 Å². The molecule has 0 spiro atoms. The molecule has 2 aromatic carbocycles. The van der Waals surface area contributed by atoms with Crippen molar-refractivity contribution in [2.45, 2.75) is 25.3 Å². The molecule has 0 bridgehead atoms. The van der Waals surface area contributed by atoms with Crippen molar-refractivity contribution in [1.82, 2.24) is 0 Å². The molecule has 11 heteroatoms. The lowest BCUT2D eigenvalue weighted by Gasteiger charge is -2.20.